The number of hydrogen-bond acceptors (Lipinski definition) is 8. The van der Waals surface area contributed by atoms with E-state index in [0.29, 0.717) is 37.0 Å². The summed E-state index contributed by atoms with van der Waals surface area (Å²) in [6.45, 7) is 14.1. The fourth-order valence-electron chi connectivity index (χ4n) is 4.09. The molecule has 5 unspecified atom stereocenters. The monoisotopic (exact) mass is 565 g/mol. The second-order valence-electron chi connectivity index (χ2n) is 12.2. The lowest BCUT2D eigenvalue weighted by Crippen LogP contribution is -2.53. The van der Waals surface area contributed by atoms with Crippen LogP contribution in [-0.2, 0) is 19.1 Å². The lowest BCUT2D eigenvalue weighted by molar-refractivity contribution is -0.139. The van der Waals surface area contributed by atoms with Crippen molar-refractivity contribution < 1.29 is 19.1 Å². The predicted octanol–water partition coefficient (Wildman–Crippen LogP) is 0.156. The standard InChI is InChI=1S/C25H51B4N3O4S2/c1-8-12-25(7,30)36-15-23(3,4)22(35)31-16(20(33)28-26)13-37-18-10-11-19(18)38-14-17(21(34)29-27)32-24(5,6)9-2/h16-19,28-29,32H,8-15,26-27,30H2,1-7H3,(H,31,35). The van der Waals surface area contributed by atoms with Gasteiger partial charge in [-0.05, 0) is 60.3 Å². The number of nitrogens with one attached hydrogen (secondary N) is 2. The van der Waals surface area contributed by atoms with Crippen molar-refractivity contribution in [3.63, 3.8) is 0 Å². The first-order chi connectivity index (χ1) is 17.6. The van der Waals surface area contributed by atoms with Gasteiger partial charge in [-0.3, -0.25) is 4.79 Å². The minimum Gasteiger partial charge on any atom is -0.360 e. The SMILES string of the molecule is BBC(=O)C(CSC1CCC1SCC(NC(C)(C)CC)C(=O)BB)NC(=O)C(C)(C)COC(C)(N)CCC. The average molecular weight is 565 g/mol. The van der Waals surface area contributed by atoms with Gasteiger partial charge in [0.15, 0.2) is 14.3 Å². The Kier molecular flexibility index (Phi) is 15.2. The summed E-state index contributed by atoms with van der Waals surface area (Å²) in [5.74, 6) is 1.13. The maximum atomic E-state index is 13.1. The lowest BCUT2D eigenvalue weighted by Gasteiger charge is -2.38. The van der Waals surface area contributed by atoms with E-state index >= 15 is 0 Å². The maximum absolute atomic E-state index is 13.1. The Hall–Kier alpha value is -0.350. The van der Waals surface area contributed by atoms with E-state index in [9.17, 15) is 14.4 Å². The van der Waals surface area contributed by atoms with Crippen LogP contribution in [0.15, 0.2) is 0 Å². The number of nitrogens with two attached hydrogens (primary N) is 1. The van der Waals surface area contributed by atoms with Gasteiger partial charge in [0, 0.05) is 27.5 Å². The zero-order chi connectivity index (χ0) is 29.1. The normalized spacial score (nSPS) is 20.9. The molecule has 214 valence electrons. The molecule has 0 spiro atoms. The van der Waals surface area contributed by atoms with E-state index in [2.05, 4.69) is 31.4 Å². The van der Waals surface area contributed by atoms with Gasteiger partial charge in [0.25, 0.3) is 0 Å². The van der Waals surface area contributed by atoms with Crippen molar-refractivity contribution in [1.82, 2.24) is 10.6 Å². The van der Waals surface area contributed by atoms with Gasteiger partial charge in [0.05, 0.1) is 45.3 Å². The number of amides is 1. The van der Waals surface area contributed by atoms with E-state index in [1.165, 1.54) is 0 Å². The maximum Gasteiger partial charge on any atom is 0.228 e. The van der Waals surface area contributed by atoms with Crippen LogP contribution in [-0.4, -0.2) is 99.0 Å². The average Bonchev–Trinajstić information content (AvgIpc) is 2.84. The summed E-state index contributed by atoms with van der Waals surface area (Å²) in [5.41, 5.74) is 4.83. The summed E-state index contributed by atoms with van der Waals surface area (Å²) in [5, 5.41) is 7.44. The highest BCUT2D eigenvalue weighted by atomic mass is 32.2. The Balaban J connectivity index is 2.69. The van der Waals surface area contributed by atoms with Crippen LogP contribution in [0.4, 0.5) is 0 Å². The Labute approximate surface area is 243 Å². The molecule has 1 amide bonds. The van der Waals surface area contributed by atoms with Gasteiger partial charge in [0.1, 0.15) is 11.4 Å². The quantitative estimate of drug-likeness (QED) is 0.142. The van der Waals surface area contributed by atoms with Gasteiger partial charge in [-0.2, -0.15) is 23.5 Å². The topological polar surface area (TPSA) is 111 Å². The molecule has 1 aliphatic rings. The molecule has 0 heterocycles. The van der Waals surface area contributed by atoms with Crippen molar-refractivity contribution in [3.05, 3.63) is 0 Å². The molecule has 13 heteroatoms. The molecule has 1 aliphatic carbocycles. The summed E-state index contributed by atoms with van der Waals surface area (Å²) in [7, 11) is 4.67. The van der Waals surface area contributed by atoms with Crippen molar-refractivity contribution in [2.24, 2.45) is 11.1 Å². The van der Waals surface area contributed by atoms with E-state index in [0.717, 1.165) is 31.4 Å². The fraction of sp³-hybridized carbons (Fsp3) is 0.880. The summed E-state index contributed by atoms with van der Waals surface area (Å²) in [6.07, 6.45) is 4.77. The van der Waals surface area contributed by atoms with E-state index in [4.69, 9.17) is 10.5 Å². The van der Waals surface area contributed by atoms with E-state index in [1.54, 1.807) is 11.8 Å². The first kappa shape index (κ1) is 35.7. The zero-order valence-electron chi connectivity index (χ0n) is 25.4. The molecule has 0 aromatic rings. The number of carbonyl (C=O) groups excluding carboxylic acids is 3. The highest BCUT2D eigenvalue weighted by Crippen LogP contribution is 2.40. The van der Waals surface area contributed by atoms with E-state index < -0.39 is 17.2 Å². The zero-order valence-corrected chi connectivity index (χ0v) is 27.0. The van der Waals surface area contributed by atoms with Crippen LogP contribution in [0.1, 0.15) is 80.6 Å². The second kappa shape index (κ2) is 16.2. The van der Waals surface area contributed by atoms with Gasteiger partial charge < -0.3 is 30.7 Å². The van der Waals surface area contributed by atoms with Crippen LogP contribution >= 0.6 is 23.5 Å². The molecule has 0 bridgehead atoms. The van der Waals surface area contributed by atoms with Gasteiger partial charge >= 0.3 is 0 Å². The summed E-state index contributed by atoms with van der Waals surface area (Å²) >= 11 is 3.64. The van der Waals surface area contributed by atoms with Crippen LogP contribution in [0.5, 0.6) is 0 Å². The number of thioether (sulfide) groups is 2. The Bertz CT molecular complexity index is 790. The molecule has 0 aromatic heterocycles. The van der Waals surface area contributed by atoms with Gasteiger partial charge in [-0.25, -0.2) is 0 Å². The van der Waals surface area contributed by atoms with Crippen molar-refractivity contribution in [1.29, 1.82) is 0 Å². The molecule has 4 N–H and O–H groups in total. The minimum absolute atomic E-state index is 0.0420. The molecular formula is C25H51B4N3O4S2. The van der Waals surface area contributed by atoms with Crippen molar-refractivity contribution in [3.8, 4) is 0 Å². The minimum atomic E-state index is -0.805. The molecule has 0 radical (unpaired) electrons. The third kappa shape index (κ3) is 12.0. The third-order valence-electron chi connectivity index (χ3n) is 7.46. The molecule has 1 rings (SSSR count). The van der Waals surface area contributed by atoms with Crippen LogP contribution in [0.25, 0.3) is 0 Å². The summed E-state index contributed by atoms with van der Waals surface area (Å²) in [4.78, 5) is 38.4. The highest BCUT2D eigenvalue weighted by Gasteiger charge is 2.37. The first-order valence-corrected chi connectivity index (χ1v) is 16.5. The number of rotatable bonds is 20. The number of hydrogen-bond donors (Lipinski definition) is 3. The highest BCUT2D eigenvalue weighted by molar-refractivity contribution is 8.04. The molecule has 7 nitrogen and oxygen atoms in total. The number of carbonyl (C=O) groups is 3. The summed E-state index contributed by atoms with van der Waals surface area (Å²) in [6, 6.07) is -0.665. The molecular weight excluding hydrogens is 514 g/mol. The van der Waals surface area contributed by atoms with Crippen LogP contribution in [0.2, 0.25) is 0 Å². The molecule has 0 aliphatic heterocycles. The lowest BCUT2D eigenvalue weighted by atomic mass is 9.51. The smallest absolute Gasteiger partial charge is 0.228 e. The van der Waals surface area contributed by atoms with Crippen LogP contribution < -0.4 is 16.4 Å². The fourth-order valence-corrected chi connectivity index (χ4v) is 7.29. The van der Waals surface area contributed by atoms with Crippen LogP contribution in [0, 0.1) is 5.41 Å². The van der Waals surface area contributed by atoms with Gasteiger partial charge in [0.2, 0.25) is 5.91 Å². The molecule has 38 heavy (non-hydrogen) atoms. The molecule has 1 fully saturated rings. The Morgan fingerprint density at radius 3 is 1.92 bits per heavy atom. The molecule has 0 saturated heterocycles. The molecule has 5 atom stereocenters. The Morgan fingerprint density at radius 1 is 0.974 bits per heavy atom. The van der Waals surface area contributed by atoms with Gasteiger partial charge in [-0.1, -0.05) is 20.3 Å². The molecule has 0 aromatic carbocycles. The second-order valence-corrected chi connectivity index (χ2v) is 14.7. The van der Waals surface area contributed by atoms with E-state index in [1.807, 2.05) is 54.9 Å². The number of ether oxygens (including phenoxy) is 1. The van der Waals surface area contributed by atoms with Crippen molar-refractivity contribution in [2.75, 3.05) is 18.1 Å². The molecule has 1 saturated carbocycles. The predicted molar refractivity (Wildman–Crippen MR) is 174 cm³/mol. The Morgan fingerprint density at radius 2 is 1.47 bits per heavy atom. The van der Waals surface area contributed by atoms with E-state index in [-0.39, 0.29) is 35.5 Å². The largest absolute Gasteiger partial charge is 0.360 e. The summed E-state index contributed by atoms with van der Waals surface area (Å²) < 4.78 is 5.87. The first-order valence-electron chi connectivity index (χ1n) is 14.4. The van der Waals surface area contributed by atoms with Gasteiger partial charge in [-0.15, -0.1) is 0 Å². The van der Waals surface area contributed by atoms with Crippen LogP contribution in [0.3, 0.4) is 0 Å². The van der Waals surface area contributed by atoms with Crippen molar-refractivity contribution in [2.45, 2.75) is 114 Å². The third-order valence-corrected chi connectivity index (χ3v) is 10.7. The van der Waals surface area contributed by atoms with Crippen molar-refractivity contribution >= 4 is 70.6 Å².